The summed E-state index contributed by atoms with van der Waals surface area (Å²) in [5.41, 5.74) is 1.95. The molecule has 2 heterocycles. The summed E-state index contributed by atoms with van der Waals surface area (Å²) in [6, 6.07) is 14.0. The Kier molecular flexibility index (Phi) is 4.26. The molecule has 1 aliphatic heterocycles. The van der Waals surface area contributed by atoms with Gasteiger partial charge in [0.1, 0.15) is 5.56 Å². The van der Waals surface area contributed by atoms with Gasteiger partial charge in [-0.2, -0.15) is 4.57 Å². The third-order valence-corrected chi connectivity index (χ3v) is 3.61. The number of hydrogen-bond donors (Lipinski definition) is 0. The van der Waals surface area contributed by atoms with Crippen LogP contribution in [-0.2, 0) is 11.3 Å². The lowest BCUT2D eigenvalue weighted by atomic mass is 10.2. The zero-order chi connectivity index (χ0) is 14.5. The third kappa shape index (κ3) is 3.47. The SMILES string of the molecule is O=C(c1ccc[n+](Cc2ccccc2)c1)N1CCOCC1. The van der Waals surface area contributed by atoms with Crippen LogP contribution in [0.4, 0.5) is 0 Å². The first-order valence-electron chi connectivity index (χ1n) is 7.23. The van der Waals surface area contributed by atoms with E-state index in [1.165, 1.54) is 5.56 Å². The van der Waals surface area contributed by atoms with Crippen LogP contribution in [0.3, 0.4) is 0 Å². The number of amides is 1. The molecule has 0 radical (unpaired) electrons. The Morgan fingerprint density at radius 1 is 1.10 bits per heavy atom. The minimum Gasteiger partial charge on any atom is -0.378 e. The summed E-state index contributed by atoms with van der Waals surface area (Å²) in [5.74, 6) is 0.0840. The maximum Gasteiger partial charge on any atom is 0.260 e. The first kappa shape index (κ1) is 13.8. The Balaban J connectivity index is 1.75. The minimum atomic E-state index is 0.0840. The van der Waals surface area contributed by atoms with Crippen LogP contribution in [0.2, 0.25) is 0 Å². The molecule has 21 heavy (non-hydrogen) atoms. The Morgan fingerprint density at radius 2 is 1.86 bits per heavy atom. The predicted molar refractivity (Wildman–Crippen MR) is 78.9 cm³/mol. The van der Waals surface area contributed by atoms with Gasteiger partial charge in [-0.15, -0.1) is 0 Å². The molecule has 1 aliphatic rings. The molecule has 2 aromatic rings. The van der Waals surface area contributed by atoms with Crippen molar-refractivity contribution in [3.05, 3.63) is 66.0 Å². The van der Waals surface area contributed by atoms with Crippen LogP contribution in [-0.4, -0.2) is 37.1 Å². The second-order valence-electron chi connectivity index (χ2n) is 5.16. The molecule has 0 saturated carbocycles. The average molecular weight is 283 g/mol. The Labute approximate surface area is 124 Å². The van der Waals surface area contributed by atoms with Crippen molar-refractivity contribution in [3.63, 3.8) is 0 Å². The number of pyridine rings is 1. The molecule has 3 rings (SSSR count). The molecule has 0 spiro atoms. The lowest BCUT2D eigenvalue weighted by Crippen LogP contribution is -2.42. The van der Waals surface area contributed by atoms with Crippen molar-refractivity contribution in [3.8, 4) is 0 Å². The van der Waals surface area contributed by atoms with Crippen LogP contribution in [0.5, 0.6) is 0 Å². The average Bonchev–Trinajstić information content (AvgIpc) is 2.56. The lowest BCUT2D eigenvalue weighted by Gasteiger charge is -2.26. The van der Waals surface area contributed by atoms with Gasteiger partial charge in [0.05, 0.1) is 13.2 Å². The van der Waals surface area contributed by atoms with Crippen LogP contribution in [0.15, 0.2) is 54.9 Å². The summed E-state index contributed by atoms with van der Waals surface area (Å²) >= 11 is 0. The van der Waals surface area contributed by atoms with Gasteiger partial charge in [-0.3, -0.25) is 4.79 Å². The molecule has 0 N–H and O–H groups in total. The van der Waals surface area contributed by atoms with Gasteiger partial charge < -0.3 is 9.64 Å². The highest BCUT2D eigenvalue weighted by Gasteiger charge is 2.20. The number of benzene rings is 1. The fraction of sp³-hybridized carbons (Fsp3) is 0.294. The van der Waals surface area contributed by atoms with E-state index in [-0.39, 0.29) is 5.91 Å². The standard InChI is InChI=1S/C17H19N2O2/c20-17(19-9-11-21-12-10-19)16-7-4-8-18(14-16)13-15-5-2-1-3-6-15/h1-8,14H,9-13H2/q+1. The number of rotatable bonds is 3. The van der Waals surface area contributed by atoms with Crippen LogP contribution in [0.1, 0.15) is 15.9 Å². The quantitative estimate of drug-likeness (QED) is 0.800. The zero-order valence-electron chi connectivity index (χ0n) is 11.9. The smallest absolute Gasteiger partial charge is 0.260 e. The molecule has 1 aromatic heterocycles. The van der Waals surface area contributed by atoms with Gasteiger partial charge in [-0.05, 0) is 6.07 Å². The molecule has 1 saturated heterocycles. The topological polar surface area (TPSA) is 33.4 Å². The maximum absolute atomic E-state index is 12.5. The summed E-state index contributed by atoms with van der Waals surface area (Å²) in [7, 11) is 0. The molecule has 1 fully saturated rings. The van der Waals surface area contributed by atoms with Crippen molar-refractivity contribution in [2.45, 2.75) is 6.54 Å². The van der Waals surface area contributed by atoms with E-state index >= 15 is 0 Å². The van der Waals surface area contributed by atoms with Crippen molar-refractivity contribution in [2.75, 3.05) is 26.3 Å². The van der Waals surface area contributed by atoms with Crippen molar-refractivity contribution in [2.24, 2.45) is 0 Å². The number of morpholine rings is 1. The predicted octanol–water partition coefficient (Wildman–Crippen LogP) is 1.49. The van der Waals surface area contributed by atoms with Crippen molar-refractivity contribution in [1.29, 1.82) is 0 Å². The van der Waals surface area contributed by atoms with E-state index in [2.05, 4.69) is 12.1 Å². The Morgan fingerprint density at radius 3 is 2.62 bits per heavy atom. The van der Waals surface area contributed by atoms with Gasteiger partial charge in [-0.1, -0.05) is 30.3 Å². The van der Waals surface area contributed by atoms with Crippen LogP contribution in [0.25, 0.3) is 0 Å². The van der Waals surface area contributed by atoms with Crippen molar-refractivity contribution >= 4 is 5.91 Å². The summed E-state index contributed by atoms with van der Waals surface area (Å²) in [5, 5.41) is 0. The Hall–Kier alpha value is -2.20. The highest BCUT2D eigenvalue weighted by Crippen LogP contribution is 2.06. The van der Waals surface area contributed by atoms with Gasteiger partial charge in [0.25, 0.3) is 5.91 Å². The van der Waals surface area contributed by atoms with E-state index in [1.807, 2.05) is 52.2 Å². The zero-order valence-corrected chi connectivity index (χ0v) is 11.9. The largest absolute Gasteiger partial charge is 0.378 e. The molecule has 108 valence electrons. The summed E-state index contributed by atoms with van der Waals surface area (Å²) < 4.78 is 7.33. The monoisotopic (exact) mass is 283 g/mol. The highest BCUT2D eigenvalue weighted by atomic mass is 16.5. The molecule has 0 unspecified atom stereocenters. The number of nitrogens with zero attached hydrogens (tertiary/aromatic N) is 2. The second kappa shape index (κ2) is 6.50. The van der Waals surface area contributed by atoms with Crippen LogP contribution in [0, 0.1) is 0 Å². The second-order valence-corrected chi connectivity index (χ2v) is 5.16. The van der Waals surface area contributed by atoms with Gasteiger partial charge in [0, 0.05) is 24.7 Å². The first-order valence-corrected chi connectivity index (χ1v) is 7.23. The number of carbonyl (C=O) groups excluding carboxylic acids is 1. The molecule has 0 atom stereocenters. The normalized spacial score (nSPS) is 15.0. The first-order chi connectivity index (χ1) is 10.3. The van der Waals surface area contributed by atoms with E-state index in [1.54, 1.807) is 0 Å². The van der Waals surface area contributed by atoms with E-state index in [9.17, 15) is 4.79 Å². The van der Waals surface area contributed by atoms with E-state index in [4.69, 9.17) is 4.74 Å². The number of hydrogen-bond acceptors (Lipinski definition) is 2. The van der Waals surface area contributed by atoms with Crippen LogP contribution >= 0.6 is 0 Å². The van der Waals surface area contributed by atoms with E-state index < -0.39 is 0 Å². The van der Waals surface area contributed by atoms with E-state index in [0.29, 0.717) is 26.3 Å². The highest BCUT2D eigenvalue weighted by molar-refractivity contribution is 5.93. The van der Waals surface area contributed by atoms with Gasteiger partial charge in [0.2, 0.25) is 0 Å². The van der Waals surface area contributed by atoms with E-state index in [0.717, 1.165) is 12.1 Å². The number of ether oxygens (including phenoxy) is 1. The number of carbonyl (C=O) groups is 1. The lowest BCUT2D eigenvalue weighted by molar-refractivity contribution is -0.688. The third-order valence-electron chi connectivity index (χ3n) is 3.61. The van der Waals surface area contributed by atoms with Gasteiger partial charge in [0.15, 0.2) is 18.9 Å². The molecule has 4 heteroatoms. The van der Waals surface area contributed by atoms with Crippen molar-refractivity contribution < 1.29 is 14.1 Å². The van der Waals surface area contributed by atoms with Crippen molar-refractivity contribution in [1.82, 2.24) is 4.90 Å². The molecule has 0 bridgehead atoms. The molecular formula is C17H19N2O2+. The molecule has 0 aliphatic carbocycles. The minimum absolute atomic E-state index is 0.0840. The summed E-state index contributed by atoms with van der Waals surface area (Å²) in [6.07, 6.45) is 3.91. The van der Waals surface area contributed by atoms with Crippen LogP contribution < -0.4 is 4.57 Å². The fourth-order valence-corrected chi connectivity index (χ4v) is 2.49. The van der Waals surface area contributed by atoms with Gasteiger partial charge >= 0.3 is 0 Å². The molecule has 1 aromatic carbocycles. The fourth-order valence-electron chi connectivity index (χ4n) is 2.49. The number of aromatic nitrogens is 1. The molecule has 1 amide bonds. The maximum atomic E-state index is 12.5. The molecular weight excluding hydrogens is 264 g/mol. The summed E-state index contributed by atoms with van der Waals surface area (Å²) in [4.78, 5) is 14.3. The summed E-state index contributed by atoms with van der Waals surface area (Å²) in [6.45, 7) is 3.37. The van der Waals surface area contributed by atoms with Gasteiger partial charge in [-0.25, -0.2) is 0 Å². The molecule has 4 nitrogen and oxygen atoms in total. The Bertz CT molecular complexity index is 607.